The van der Waals surface area contributed by atoms with E-state index in [2.05, 4.69) is 10.1 Å². The molecule has 1 aliphatic carbocycles. The lowest BCUT2D eigenvalue weighted by atomic mass is 9.75. The van der Waals surface area contributed by atoms with Crippen LogP contribution in [-0.4, -0.2) is 35.9 Å². The first kappa shape index (κ1) is 23.4. The Kier molecular flexibility index (Phi) is 5.69. The lowest BCUT2D eigenvalue weighted by Gasteiger charge is -2.43. The van der Waals surface area contributed by atoms with Crippen LogP contribution in [0.4, 0.5) is 28.9 Å². The molecule has 12 heteroatoms. The Labute approximate surface area is 196 Å². The molecule has 1 heterocycles. The Morgan fingerprint density at radius 1 is 1.21 bits per heavy atom. The molecule has 2 amide bonds. The van der Waals surface area contributed by atoms with Gasteiger partial charge in [-0.3, -0.25) is 14.5 Å². The first-order chi connectivity index (χ1) is 16.0. The van der Waals surface area contributed by atoms with Crippen LogP contribution >= 0.6 is 12.2 Å². The molecule has 2 fully saturated rings. The molecule has 1 aliphatic heterocycles. The van der Waals surface area contributed by atoms with Crippen LogP contribution in [0.3, 0.4) is 0 Å². The number of nitrogens with one attached hydrogen (secondary N) is 1. The molecule has 1 N–H and O–H groups in total. The molecule has 176 valence electrons. The van der Waals surface area contributed by atoms with Crippen LogP contribution in [0.25, 0.3) is 0 Å². The number of nitrogens with zero attached hydrogens (tertiary/aromatic N) is 3. The highest BCUT2D eigenvalue weighted by molar-refractivity contribution is 7.81. The summed E-state index contributed by atoms with van der Waals surface area (Å²) in [4.78, 5) is 27.8. The van der Waals surface area contributed by atoms with E-state index >= 15 is 0 Å². The van der Waals surface area contributed by atoms with Crippen molar-refractivity contribution in [3.8, 4) is 11.8 Å². The van der Waals surface area contributed by atoms with Gasteiger partial charge in [0.1, 0.15) is 23.2 Å². The first-order valence-corrected chi connectivity index (χ1v) is 10.4. The van der Waals surface area contributed by atoms with Crippen LogP contribution in [0, 0.1) is 17.1 Å². The number of amides is 2. The summed E-state index contributed by atoms with van der Waals surface area (Å²) in [7, 11) is 1.36. The van der Waals surface area contributed by atoms with Gasteiger partial charge in [-0.25, -0.2) is 4.39 Å². The summed E-state index contributed by atoms with van der Waals surface area (Å²) in [5, 5.41) is 11.4. The van der Waals surface area contributed by atoms with E-state index in [9.17, 15) is 27.2 Å². The molecule has 4 rings (SSSR count). The molecule has 34 heavy (non-hydrogen) atoms. The zero-order valence-corrected chi connectivity index (χ0v) is 18.4. The van der Waals surface area contributed by atoms with Crippen molar-refractivity contribution in [2.24, 2.45) is 0 Å². The largest absolute Gasteiger partial charge is 0.573 e. The number of ether oxygens (including phenoxy) is 1. The van der Waals surface area contributed by atoms with E-state index < -0.39 is 35.3 Å². The number of hydrogen-bond donors (Lipinski definition) is 1. The lowest BCUT2D eigenvalue weighted by Crippen LogP contribution is -2.55. The SMILES string of the molecule is CNC(=O)c1ccc(N2C(=S)N(c3ccc(C#N)c(OC(F)(F)F)c3)C(=O)C23CCC3)cc1F. The molecule has 0 bridgehead atoms. The molecule has 0 radical (unpaired) electrons. The van der Waals surface area contributed by atoms with Crippen molar-refractivity contribution in [1.29, 1.82) is 5.26 Å². The fourth-order valence-electron chi connectivity index (χ4n) is 4.12. The third-order valence-corrected chi connectivity index (χ3v) is 6.21. The molecule has 1 saturated carbocycles. The average molecular weight is 492 g/mol. The molecular weight excluding hydrogens is 476 g/mol. The van der Waals surface area contributed by atoms with Gasteiger partial charge in [0, 0.05) is 18.8 Å². The molecule has 1 spiro atoms. The predicted octanol–water partition coefficient (Wildman–Crippen LogP) is 4.02. The normalized spacial score (nSPS) is 16.9. The third-order valence-electron chi connectivity index (χ3n) is 5.84. The summed E-state index contributed by atoms with van der Waals surface area (Å²) in [5.74, 6) is -2.70. The minimum absolute atomic E-state index is 0.0236. The minimum Gasteiger partial charge on any atom is -0.404 e. The molecule has 2 aromatic rings. The molecule has 0 unspecified atom stereocenters. The molecule has 7 nitrogen and oxygen atoms in total. The van der Waals surface area contributed by atoms with Crippen molar-refractivity contribution in [3.05, 3.63) is 53.3 Å². The maximum atomic E-state index is 14.7. The van der Waals surface area contributed by atoms with Crippen molar-refractivity contribution in [2.45, 2.75) is 31.2 Å². The number of nitriles is 1. The van der Waals surface area contributed by atoms with Gasteiger partial charge in [-0.05, 0) is 61.8 Å². The van der Waals surface area contributed by atoms with Crippen LogP contribution < -0.4 is 19.9 Å². The van der Waals surface area contributed by atoms with Gasteiger partial charge in [-0.2, -0.15) is 5.26 Å². The van der Waals surface area contributed by atoms with Crippen LogP contribution in [0.2, 0.25) is 0 Å². The van der Waals surface area contributed by atoms with Gasteiger partial charge in [0.2, 0.25) is 0 Å². The van der Waals surface area contributed by atoms with E-state index in [0.29, 0.717) is 19.3 Å². The Bertz CT molecular complexity index is 1250. The number of halogens is 4. The number of thiocarbonyl (C=S) groups is 1. The quantitative estimate of drug-likeness (QED) is 0.513. The maximum Gasteiger partial charge on any atom is 0.573 e. The van der Waals surface area contributed by atoms with E-state index in [-0.39, 0.29) is 27.6 Å². The Morgan fingerprint density at radius 2 is 1.88 bits per heavy atom. The smallest absolute Gasteiger partial charge is 0.404 e. The van der Waals surface area contributed by atoms with Gasteiger partial charge < -0.3 is 15.0 Å². The number of alkyl halides is 3. The van der Waals surface area contributed by atoms with E-state index in [1.54, 1.807) is 6.07 Å². The van der Waals surface area contributed by atoms with E-state index in [4.69, 9.17) is 17.5 Å². The van der Waals surface area contributed by atoms with Gasteiger partial charge in [0.05, 0.1) is 16.8 Å². The van der Waals surface area contributed by atoms with Gasteiger partial charge in [-0.1, -0.05) is 0 Å². The van der Waals surface area contributed by atoms with Crippen molar-refractivity contribution >= 4 is 40.5 Å². The number of rotatable bonds is 4. The van der Waals surface area contributed by atoms with E-state index in [0.717, 1.165) is 23.1 Å². The fraction of sp³-hybridized carbons (Fsp3) is 0.273. The second-order valence-corrected chi connectivity index (χ2v) is 8.09. The molecule has 2 aromatic carbocycles. The maximum absolute atomic E-state index is 14.7. The summed E-state index contributed by atoms with van der Waals surface area (Å²) >= 11 is 5.52. The zero-order chi connectivity index (χ0) is 24.8. The molecule has 0 aromatic heterocycles. The van der Waals surface area contributed by atoms with Crippen LogP contribution in [0.1, 0.15) is 35.2 Å². The standard InChI is InChI=1S/C22H16F4N4O3S/c1-28-18(31)15-6-5-14(9-16(15)23)30-20(34)29(19(32)21(30)7-2-8-21)13-4-3-12(11-27)17(10-13)33-22(24,25)26/h3-6,9-10H,2,7-8H2,1H3,(H,28,31). The van der Waals surface area contributed by atoms with Crippen molar-refractivity contribution in [2.75, 3.05) is 16.8 Å². The predicted molar refractivity (Wildman–Crippen MR) is 117 cm³/mol. The fourth-order valence-corrected chi connectivity index (χ4v) is 4.59. The van der Waals surface area contributed by atoms with Gasteiger partial charge in [0.25, 0.3) is 11.8 Å². The van der Waals surface area contributed by atoms with Crippen molar-refractivity contribution < 1.29 is 31.9 Å². The Morgan fingerprint density at radius 3 is 2.41 bits per heavy atom. The van der Waals surface area contributed by atoms with Crippen molar-refractivity contribution in [3.63, 3.8) is 0 Å². The molecule has 1 saturated heterocycles. The lowest BCUT2D eigenvalue weighted by molar-refractivity contribution is -0.274. The topological polar surface area (TPSA) is 85.7 Å². The molecule has 2 aliphatic rings. The Hall–Kier alpha value is -3.72. The summed E-state index contributed by atoms with van der Waals surface area (Å²) in [6.07, 6.45) is -3.58. The summed E-state index contributed by atoms with van der Waals surface area (Å²) < 4.78 is 57.1. The van der Waals surface area contributed by atoms with Crippen LogP contribution in [0.5, 0.6) is 5.75 Å². The number of carbonyl (C=O) groups excluding carboxylic acids is 2. The summed E-state index contributed by atoms with van der Waals surface area (Å²) in [6.45, 7) is 0. The summed E-state index contributed by atoms with van der Waals surface area (Å²) in [5.41, 5.74) is -1.49. The van der Waals surface area contributed by atoms with E-state index in [1.807, 2.05) is 0 Å². The summed E-state index contributed by atoms with van der Waals surface area (Å²) in [6, 6.07) is 8.72. The minimum atomic E-state index is -5.05. The highest BCUT2D eigenvalue weighted by Gasteiger charge is 2.59. The number of carbonyl (C=O) groups is 2. The molecule has 0 atom stereocenters. The molecular formula is C22H16F4N4O3S. The second-order valence-electron chi connectivity index (χ2n) is 7.73. The Balaban J connectivity index is 1.77. The monoisotopic (exact) mass is 492 g/mol. The van der Waals surface area contributed by atoms with Gasteiger partial charge >= 0.3 is 6.36 Å². The van der Waals surface area contributed by atoms with Gasteiger partial charge in [0.15, 0.2) is 5.11 Å². The van der Waals surface area contributed by atoms with Crippen LogP contribution in [-0.2, 0) is 4.79 Å². The average Bonchev–Trinajstić information content (AvgIpc) is 2.98. The van der Waals surface area contributed by atoms with Crippen molar-refractivity contribution in [1.82, 2.24) is 5.32 Å². The number of benzene rings is 2. The highest BCUT2D eigenvalue weighted by Crippen LogP contribution is 2.48. The first-order valence-electron chi connectivity index (χ1n) is 10.0. The number of hydrogen-bond acceptors (Lipinski definition) is 5. The third kappa shape index (κ3) is 3.71. The van der Waals surface area contributed by atoms with E-state index in [1.165, 1.54) is 30.1 Å². The van der Waals surface area contributed by atoms with Gasteiger partial charge in [-0.15, -0.1) is 13.2 Å². The highest BCUT2D eigenvalue weighted by atomic mass is 32.1. The second kappa shape index (κ2) is 8.25. The number of anilines is 2. The zero-order valence-electron chi connectivity index (χ0n) is 17.6. The van der Waals surface area contributed by atoms with Crippen LogP contribution in [0.15, 0.2) is 36.4 Å².